The van der Waals surface area contributed by atoms with Crippen LogP contribution in [0.1, 0.15) is 6.92 Å². The zero-order valence-electron chi connectivity index (χ0n) is 17.6. The molecule has 0 aliphatic carbocycles. The summed E-state index contributed by atoms with van der Waals surface area (Å²) in [4.78, 5) is 12.6. The second-order valence-corrected chi connectivity index (χ2v) is 7.65. The molecule has 8 nitrogen and oxygen atoms in total. The second kappa shape index (κ2) is 10.4. The number of nitrogens with zero attached hydrogens (tertiary/aromatic N) is 3. The van der Waals surface area contributed by atoms with Gasteiger partial charge < -0.3 is 24.1 Å². The third kappa shape index (κ3) is 5.23. The highest BCUT2D eigenvalue weighted by Crippen LogP contribution is 2.36. The summed E-state index contributed by atoms with van der Waals surface area (Å²) in [5.41, 5.74) is 1.40. The van der Waals surface area contributed by atoms with Gasteiger partial charge in [0.05, 0.1) is 37.8 Å². The normalized spacial score (nSPS) is 10.6. The lowest BCUT2D eigenvalue weighted by Gasteiger charge is -2.13. The van der Waals surface area contributed by atoms with E-state index in [2.05, 4.69) is 15.5 Å². The summed E-state index contributed by atoms with van der Waals surface area (Å²) in [7, 11) is 4.64. The van der Waals surface area contributed by atoms with Crippen molar-refractivity contribution in [1.29, 1.82) is 0 Å². The third-order valence-electron chi connectivity index (χ3n) is 4.46. The van der Waals surface area contributed by atoms with Gasteiger partial charge >= 0.3 is 0 Å². The van der Waals surface area contributed by atoms with Gasteiger partial charge in [-0.2, -0.15) is 0 Å². The van der Waals surface area contributed by atoms with Crippen LogP contribution in [-0.4, -0.2) is 47.8 Å². The topological polar surface area (TPSA) is 87.5 Å². The lowest BCUT2D eigenvalue weighted by atomic mass is 10.2. The smallest absolute Gasteiger partial charge is 0.234 e. The minimum absolute atomic E-state index is 0.148. The Hall–Kier alpha value is -2.91. The van der Waals surface area contributed by atoms with Crippen LogP contribution in [0.3, 0.4) is 0 Å². The molecule has 0 bridgehead atoms. The standard InChI is InChI=1S/C21H23ClN4O4S/c1-5-26-20(13-6-8-14(28-2)9-7-13)24-25-21(26)31-12-19(27)23-16-11-17(29-3)15(22)10-18(16)30-4/h6-11H,5,12H2,1-4H3,(H,23,27). The van der Waals surface area contributed by atoms with Crippen molar-refractivity contribution in [2.75, 3.05) is 32.4 Å². The number of methoxy groups -OCH3 is 3. The Balaban J connectivity index is 1.71. The van der Waals surface area contributed by atoms with Gasteiger partial charge in [-0.3, -0.25) is 4.79 Å². The van der Waals surface area contributed by atoms with Crippen molar-refractivity contribution in [2.45, 2.75) is 18.6 Å². The Morgan fingerprint density at radius 2 is 1.77 bits per heavy atom. The molecule has 0 saturated heterocycles. The van der Waals surface area contributed by atoms with Crippen molar-refractivity contribution in [3.63, 3.8) is 0 Å². The molecule has 164 valence electrons. The SMILES string of the molecule is CCn1c(SCC(=O)Nc2cc(OC)c(Cl)cc2OC)nnc1-c1ccc(OC)cc1. The van der Waals surface area contributed by atoms with E-state index in [0.717, 1.165) is 17.1 Å². The Morgan fingerprint density at radius 1 is 1.06 bits per heavy atom. The highest BCUT2D eigenvalue weighted by atomic mass is 35.5. The molecule has 0 saturated carbocycles. The average molecular weight is 463 g/mol. The number of anilines is 1. The van der Waals surface area contributed by atoms with Crippen LogP contribution in [-0.2, 0) is 11.3 Å². The molecule has 0 aliphatic heterocycles. The monoisotopic (exact) mass is 462 g/mol. The maximum Gasteiger partial charge on any atom is 0.234 e. The fraction of sp³-hybridized carbons (Fsp3) is 0.286. The van der Waals surface area contributed by atoms with Crippen LogP contribution in [0.15, 0.2) is 41.6 Å². The third-order valence-corrected chi connectivity index (χ3v) is 5.72. The van der Waals surface area contributed by atoms with E-state index >= 15 is 0 Å². The molecule has 0 fully saturated rings. The molecule has 0 spiro atoms. The van der Waals surface area contributed by atoms with E-state index in [1.165, 1.54) is 26.0 Å². The Kier molecular flexibility index (Phi) is 7.64. The number of halogens is 1. The molecule has 10 heteroatoms. The van der Waals surface area contributed by atoms with Crippen molar-refractivity contribution in [1.82, 2.24) is 14.8 Å². The van der Waals surface area contributed by atoms with E-state index < -0.39 is 0 Å². The van der Waals surface area contributed by atoms with Crippen LogP contribution in [0.2, 0.25) is 5.02 Å². The maximum absolute atomic E-state index is 12.6. The molecule has 0 atom stereocenters. The van der Waals surface area contributed by atoms with Crippen LogP contribution in [0.25, 0.3) is 11.4 Å². The number of hydrogen-bond acceptors (Lipinski definition) is 7. The maximum atomic E-state index is 12.6. The number of benzene rings is 2. The molecule has 1 heterocycles. The first-order valence-electron chi connectivity index (χ1n) is 9.42. The van der Waals surface area contributed by atoms with Crippen LogP contribution >= 0.6 is 23.4 Å². The molecule has 0 unspecified atom stereocenters. The summed E-state index contributed by atoms with van der Waals surface area (Å²) in [6.45, 7) is 2.67. The fourth-order valence-corrected chi connectivity index (χ4v) is 3.94. The zero-order chi connectivity index (χ0) is 22.4. The summed E-state index contributed by atoms with van der Waals surface area (Å²) in [5, 5.41) is 12.4. The van der Waals surface area contributed by atoms with Gasteiger partial charge in [0.1, 0.15) is 17.2 Å². The minimum atomic E-state index is -0.218. The summed E-state index contributed by atoms with van der Waals surface area (Å²) in [6, 6.07) is 10.8. The number of thioether (sulfide) groups is 1. The summed E-state index contributed by atoms with van der Waals surface area (Å²) < 4.78 is 17.7. The number of ether oxygens (including phenoxy) is 3. The van der Waals surface area contributed by atoms with Crippen molar-refractivity contribution >= 4 is 35.0 Å². The van der Waals surface area contributed by atoms with Gasteiger partial charge in [0.25, 0.3) is 0 Å². The molecular formula is C21H23ClN4O4S. The molecule has 3 rings (SSSR count). The predicted octanol–water partition coefficient (Wildman–Crippen LogP) is 4.38. The largest absolute Gasteiger partial charge is 0.497 e. The van der Waals surface area contributed by atoms with E-state index in [4.69, 9.17) is 25.8 Å². The first kappa shape index (κ1) is 22.8. The Morgan fingerprint density at radius 3 is 2.39 bits per heavy atom. The van der Waals surface area contributed by atoms with Gasteiger partial charge in [0, 0.05) is 24.2 Å². The highest BCUT2D eigenvalue weighted by Gasteiger charge is 2.16. The number of carbonyl (C=O) groups is 1. The first-order chi connectivity index (χ1) is 15.0. The number of aromatic nitrogens is 3. The minimum Gasteiger partial charge on any atom is -0.497 e. The summed E-state index contributed by atoms with van der Waals surface area (Å²) in [5.74, 6) is 2.32. The highest BCUT2D eigenvalue weighted by molar-refractivity contribution is 7.99. The molecule has 1 N–H and O–H groups in total. The lowest BCUT2D eigenvalue weighted by Crippen LogP contribution is -2.15. The van der Waals surface area contributed by atoms with Gasteiger partial charge in [-0.25, -0.2) is 0 Å². The summed E-state index contributed by atoms with van der Waals surface area (Å²) in [6.07, 6.45) is 0. The predicted molar refractivity (Wildman–Crippen MR) is 122 cm³/mol. The number of nitrogens with one attached hydrogen (secondary N) is 1. The van der Waals surface area contributed by atoms with Crippen molar-refractivity contribution in [2.24, 2.45) is 0 Å². The van der Waals surface area contributed by atoms with Crippen LogP contribution in [0.5, 0.6) is 17.2 Å². The van der Waals surface area contributed by atoms with Crippen molar-refractivity contribution < 1.29 is 19.0 Å². The quantitative estimate of drug-likeness (QED) is 0.472. The van der Waals surface area contributed by atoms with Gasteiger partial charge in [-0.1, -0.05) is 23.4 Å². The van der Waals surface area contributed by atoms with E-state index in [1.54, 1.807) is 19.2 Å². The Bertz CT molecular complexity index is 1060. The molecule has 1 amide bonds. The molecule has 1 aromatic heterocycles. The molecular weight excluding hydrogens is 440 g/mol. The van der Waals surface area contributed by atoms with Crippen LogP contribution < -0.4 is 19.5 Å². The number of rotatable bonds is 9. The van der Waals surface area contributed by atoms with E-state index in [-0.39, 0.29) is 11.7 Å². The lowest BCUT2D eigenvalue weighted by molar-refractivity contribution is -0.113. The summed E-state index contributed by atoms with van der Waals surface area (Å²) >= 11 is 7.42. The van der Waals surface area contributed by atoms with E-state index in [1.807, 2.05) is 35.8 Å². The van der Waals surface area contributed by atoms with Gasteiger partial charge in [0.2, 0.25) is 5.91 Å². The number of amides is 1. The van der Waals surface area contributed by atoms with Gasteiger partial charge in [-0.05, 0) is 31.2 Å². The first-order valence-corrected chi connectivity index (χ1v) is 10.8. The molecule has 0 radical (unpaired) electrons. The molecule has 2 aromatic carbocycles. The molecule has 3 aromatic rings. The van der Waals surface area contributed by atoms with Gasteiger partial charge in [0.15, 0.2) is 11.0 Å². The van der Waals surface area contributed by atoms with Crippen LogP contribution in [0, 0.1) is 0 Å². The fourth-order valence-electron chi connectivity index (χ4n) is 2.91. The number of hydrogen-bond donors (Lipinski definition) is 1. The van der Waals surface area contributed by atoms with Crippen LogP contribution in [0.4, 0.5) is 5.69 Å². The average Bonchev–Trinajstić information content (AvgIpc) is 3.21. The molecule has 31 heavy (non-hydrogen) atoms. The van der Waals surface area contributed by atoms with Crippen molar-refractivity contribution in [3.8, 4) is 28.6 Å². The second-order valence-electron chi connectivity index (χ2n) is 6.30. The van der Waals surface area contributed by atoms with E-state index in [9.17, 15) is 4.79 Å². The van der Waals surface area contributed by atoms with E-state index in [0.29, 0.717) is 33.9 Å². The van der Waals surface area contributed by atoms with Crippen molar-refractivity contribution in [3.05, 3.63) is 41.4 Å². The Labute approximate surface area is 189 Å². The van der Waals surface area contributed by atoms with Gasteiger partial charge in [-0.15, -0.1) is 10.2 Å². The molecule has 0 aliphatic rings. The number of carbonyl (C=O) groups excluding carboxylic acids is 1. The zero-order valence-corrected chi connectivity index (χ0v) is 19.2.